The fraction of sp³-hybridized carbons (Fsp3) is 0.360. The molecule has 1 N–H and O–H groups in total. The summed E-state index contributed by atoms with van der Waals surface area (Å²) in [5.41, 5.74) is 2.70. The molecule has 2 heterocycles. The summed E-state index contributed by atoms with van der Waals surface area (Å²) < 4.78 is 44.0. The van der Waals surface area contributed by atoms with Crippen LogP contribution in [0, 0.1) is 12.8 Å². The molecule has 0 radical (unpaired) electrons. The molecule has 1 saturated heterocycles. The van der Waals surface area contributed by atoms with E-state index in [1.807, 2.05) is 0 Å². The number of rotatable bonds is 5. The van der Waals surface area contributed by atoms with Crippen LogP contribution in [0.2, 0.25) is 10.0 Å². The number of benzene rings is 2. The minimum atomic E-state index is -4.80. The second kappa shape index (κ2) is 9.86. The standard InChI is InChI=1S/C25H23Cl2F3N2O4/c1-13-9-16(36-25(28,29)30)11-20-21(13)15(12-31(20)2)10-18-19(26)4-3-17(22(18)27)23(33)32-7-5-14(6-8-32)24(34)35/h3-4,9,11-12,14H,5-8,10H2,1-2H3,(H,34,35). The number of aryl methyl sites for hydroxylation is 2. The van der Waals surface area contributed by atoms with Gasteiger partial charge in [-0.1, -0.05) is 23.2 Å². The first-order valence-corrected chi connectivity index (χ1v) is 11.9. The van der Waals surface area contributed by atoms with Gasteiger partial charge < -0.3 is 19.3 Å². The van der Waals surface area contributed by atoms with E-state index in [1.54, 1.807) is 41.8 Å². The Bertz CT molecular complexity index is 1350. The monoisotopic (exact) mass is 542 g/mol. The van der Waals surface area contributed by atoms with Crippen molar-refractivity contribution in [2.75, 3.05) is 13.1 Å². The van der Waals surface area contributed by atoms with E-state index in [-0.39, 0.29) is 28.7 Å². The molecule has 0 saturated carbocycles. The fourth-order valence-electron chi connectivity index (χ4n) is 4.74. The molecule has 2 aromatic carbocycles. The zero-order valence-electron chi connectivity index (χ0n) is 19.5. The van der Waals surface area contributed by atoms with Crippen molar-refractivity contribution in [2.45, 2.75) is 32.5 Å². The lowest BCUT2D eigenvalue weighted by atomic mass is 9.96. The number of hydrogen-bond donors (Lipinski definition) is 1. The summed E-state index contributed by atoms with van der Waals surface area (Å²) in [7, 11) is 1.71. The maximum Gasteiger partial charge on any atom is 0.573 e. The summed E-state index contributed by atoms with van der Waals surface area (Å²) in [5.74, 6) is -1.95. The number of halogens is 5. The number of likely N-dealkylation sites (tertiary alicyclic amines) is 1. The number of piperidine rings is 1. The molecule has 1 aliphatic rings. The molecule has 0 spiro atoms. The Morgan fingerprint density at radius 1 is 1.17 bits per heavy atom. The summed E-state index contributed by atoms with van der Waals surface area (Å²) in [6.07, 6.45) is -2.03. The Labute approximate surface area is 215 Å². The summed E-state index contributed by atoms with van der Waals surface area (Å²) in [5, 5.41) is 10.5. The molecule has 1 amide bonds. The van der Waals surface area contributed by atoms with Crippen molar-refractivity contribution in [3.63, 3.8) is 0 Å². The Kier molecular flexibility index (Phi) is 7.16. The van der Waals surface area contributed by atoms with E-state index < -0.39 is 18.2 Å². The highest BCUT2D eigenvalue weighted by Crippen LogP contribution is 2.36. The van der Waals surface area contributed by atoms with Crippen LogP contribution >= 0.6 is 23.2 Å². The highest BCUT2D eigenvalue weighted by Gasteiger charge is 2.32. The van der Waals surface area contributed by atoms with Gasteiger partial charge in [0.25, 0.3) is 5.91 Å². The second-order valence-corrected chi connectivity index (χ2v) is 9.70. The number of amides is 1. The topological polar surface area (TPSA) is 71.8 Å². The van der Waals surface area contributed by atoms with Gasteiger partial charge in [0.05, 0.1) is 22.0 Å². The SMILES string of the molecule is Cc1cc(OC(F)(F)F)cc2c1c(Cc1c(Cl)ccc(C(=O)N3CCC(C(=O)O)CC3)c1Cl)cn2C. The van der Waals surface area contributed by atoms with Crippen LogP contribution in [-0.4, -0.2) is 45.9 Å². The fourth-order valence-corrected chi connectivity index (χ4v) is 5.33. The van der Waals surface area contributed by atoms with Gasteiger partial charge in [-0.25, -0.2) is 0 Å². The molecule has 11 heteroatoms. The van der Waals surface area contributed by atoms with Gasteiger partial charge in [0.2, 0.25) is 0 Å². The Hall–Kier alpha value is -2.91. The van der Waals surface area contributed by atoms with E-state index in [2.05, 4.69) is 4.74 Å². The molecule has 6 nitrogen and oxygen atoms in total. The van der Waals surface area contributed by atoms with Crippen molar-refractivity contribution >= 4 is 46.0 Å². The average Bonchev–Trinajstić information content (AvgIpc) is 3.10. The van der Waals surface area contributed by atoms with Crippen LogP contribution in [0.5, 0.6) is 5.75 Å². The van der Waals surface area contributed by atoms with Gasteiger partial charge >= 0.3 is 12.3 Å². The number of carboxylic acids is 1. The third kappa shape index (κ3) is 5.27. The number of carboxylic acid groups (broad SMARTS) is 1. The van der Waals surface area contributed by atoms with Crippen LogP contribution in [0.1, 0.15) is 39.9 Å². The molecule has 0 bridgehead atoms. The van der Waals surface area contributed by atoms with E-state index in [0.29, 0.717) is 47.6 Å². The van der Waals surface area contributed by atoms with Gasteiger partial charge in [0, 0.05) is 49.2 Å². The smallest absolute Gasteiger partial charge is 0.481 e. The van der Waals surface area contributed by atoms with Crippen LogP contribution in [0.25, 0.3) is 10.9 Å². The molecule has 1 aromatic heterocycles. The molecule has 0 aliphatic carbocycles. The van der Waals surface area contributed by atoms with E-state index in [4.69, 9.17) is 23.2 Å². The van der Waals surface area contributed by atoms with Crippen molar-refractivity contribution in [3.8, 4) is 5.75 Å². The van der Waals surface area contributed by atoms with Crippen molar-refractivity contribution in [1.82, 2.24) is 9.47 Å². The first kappa shape index (κ1) is 26.2. The molecule has 1 aliphatic heterocycles. The molecule has 3 aromatic rings. The summed E-state index contributed by atoms with van der Waals surface area (Å²) in [6, 6.07) is 5.79. The van der Waals surface area contributed by atoms with Crippen molar-refractivity contribution in [3.05, 3.63) is 62.8 Å². The van der Waals surface area contributed by atoms with E-state index in [1.165, 1.54) is 12.1 Å². The molecule has 1 fully saturated rings. The Balaban J connectivity index is 1.65. The number of hydrogen-bond acceptors (Lipinski definition) is 3. The van der Waals surface area contributed by atoms with Gasteiger partial charge in [-0.2, -0.15) is 0 Å². The molecule has 0 atom stereocenters. The second-order valence-electron chi connectivity index (χ2n) is 8.92. The molecule has 36 heavy (non-hydrogen) atoms. The van der Waals surface area contributed by atoms with Crippen LogP contribution in [0.15, 0.2) is 30.5 Å². The highest BCUT2D eigenvalue weighted by atomic mass is 35.5. The van der Waals surface area contributed by atoms with Gasteiger partial charge in [-0.15, -0.1) is 13.2 Å². The predicted octanol–water partition coefficient (Wildman–Crippen LogP) is 6.22. The van der Waals surface area contributed by atoms with Crippen molar-refractivity contribution < 1.29 is 32.6 Å². The highest BCUT2D eigenvalue weighted by molar-refractivity contribution is 6.38. The van der Waals surface area contributed by atoms with E-state index in [9.17, 15) is 27.9 Å². The summed E-state index contributed by atoms with van der Waals surface area (Å²) >= 11 is 13.1. The van der Waals surface area contributed by atoms with Crippen molar-refractivity contribution in [2.24, 2.45) is 13.0 Å². The minimum Gasteiger partial charge on any atom is -0.481 e. The largest absolute Gasteiger partial charge is 0.573 e. The minimum absolute atomic E-state index is 0.194. The lowest BCUT2D eigenvalue weighted by molar-refractivity contribution is -0.274. The first-order chi connectivity index (χ1) is 16.9. The normalized spacial score (nSPS) is 14.9. The average molecular weight is 543 g/mol. The quantitative estimate of drug-likeness (QED) is 0.415. The molecule has 0 unspecified atom stereocenters. The maximum atomic E-state index is 13.2. The van der Waals surface area contributed by atoms with Crippen molar-refractivity contribution in [1.29, 1.82) is 0 Å². The lowest BCUT2D eigenvalue weighted by Crippen LogP contribution is -2.40. The number of nitrogens with zero attached hydrogens (tertiary/aromatic N) is 2. The molecule has 192 valence electrons. The van der Waals surface area contributed by atoms with Gasteiger partial charge in [-0.3, -0.25) is 9.59 Å². The third-order valence-electron chi connectivity index (χ3n) is 6.49. The summed E-state index contributed by atoms with van der Waals surface area (Å²) in [4.78, 5) is 26.0. The number of fused-ring (bicyclic) bond motifs is 1. The van der Waals surface area contributed by atoms with Crippen LogP contribution in [-0.2, 0) is 18.3 Å². The van der Waals surface area contributed by atoms with Crippen LogP contribution in [0.3, 0.4) is 0 Å². The van der Waals surface area contributed by atoms with Crippen LogP contribution in [0.4, 0.5) is 13.2 Å². The summed E-state index contributed by atoms with van der Waals surface area (Å²) in [6.45, 7) is 2.32. The van der Waals surface area contributed by atoms with Crippen LogP contribution < -0.4 is 4.74 Å². The van der Waals surface area contributed by atoms with Gasteiger partial charge in [0.15, 0.2) is 0 Å². The zero-order valence-corrected chi connectivity index (χ0v) is 21.0. The number of alkyl halides is 3. The lowest BCUT2D eigenvalue weighted by Gasteiger charge is -2.30. The zero-order chi connectivity index (χ0) is 26.4. The molecular weight excluding hydrogens is 520 g/mol. The number of carbonyl (C=O) groups is 2. The van der Waals surface area contributed by atoms with Gasteiger partial charge in [0.1, 0.15) is 5.75 Å². The Morgan fingerprint density at radius 3 is 2.44 bits per heavy atom. The number of ether oxygens (including phenoxy) is 1. The number of aromatic nitrogens is 1. The molecule has 4 rings (SSSR count). The van der Waals surface area contributed by atoms with Gasteiger partial charge in [-0.05, 0) is 54.7 Å². The number of aliphatic carboxylic acids is 1. The van der Waals surface area contributed by atoms with E-state index in [0.717, 1.165) is 10.9 Å². The van der Waals surface area contributed by atoms with E-state index >= 15 is 0 Å². The third-order valence-corrected chi connectivity index (χ3v) is 7.27. The predicted molar refractivity (Wildman–Crippen MR) is 130 cm³/mol. The number of carbonyl (C=O) groups excluding carboxylic acids is 1. The molecular formula is C25H23Cl2F3N2O4. The maximum absolute atomic E-state index is 13.2. The first-order valence-electron chi connectivity index (χ1n) is 11.2. The Morgan fingerprint density at radius 2 is 1.83 bits per heavy atom.